The van der Waals surface area contributed by atoms with E-state index in [9.17, 15) is 19.2 Å². The van der Waals surface area contributed by atoms with Gasteiger partial charge in [-0.2, -0.15) is 0 Å². The number of fused-ring (bicyclic) bond motifs is 5. The topological polar surface area (TPSA) is 92.8 Å². The Hall–Kier alpha value is -3.52. The van der Waals surface area contributed by atoms with Crippen molar-refractivity contribution in [2.75, 3.05) is 16.8 Å². The summed E-state index contributed by atoms with van der Waals surface area (Å²) in [5.41, 5.74) is 2.36. The van der Waals surface area contributed by atoms with Crippen molar-refractivity contribution < 1.29 is 23.9 Å². The second-order valence-electron chi connectivity index (χ2n) is 9.14. The number of anilines is 2. The average Bonchev–Trinajstić information content (AvgIpc) is 3.56. The number of imide groups is 1. The molecule has 2 aliphatic carbocycles. The summed E-state index contributed by atoms with van der Waals surface area (Å²) in [4.78, 5) is 53.4. The predicted molar refractivity (Wildman–Crippen MR) is 134 cm³/mol. The quantitative estimate of drug-likeness (QED) is 0.278. The summed E-state index contributed by atoms with van der Waals surface area (Å²) in [6, 6.07) is 7.04. The maximum atomic E-state index is 13.1. The third-order valence-electron chi connectivity index (χ3n) is 7.13. The van der Waals surface area contributed by atoms with Crippen molar-refractivity contribution in [1.29, 1.82) is 0 Å². The molecule has 2 fully saturated rings. The van der Waals surface area contributed by atoms with Gasteiger partial charge >= 0.3 is 5.97 Å². The van der Waals surface area contributed by atoms with Crippen molar-refractivity contribution in [1.82, 2.24) is 0 Å². The molecule has 3 amide bonds. The fraction of sp³-hybridized carbons (Fsp3) is 0.333. The van der Waals surface area contributed by atoms with E-state index in [1.165, 1.54) is 22.3 Å². The number of amides is 3. The van der Waals surface area contributed by atoms with E-state index in [0.29, 0.717) is 21.8 Å². The Morgan fingerprint density at radius 1 is 1.14 bits per heavy atom. The Morgan fingerprint density at radius 3 is 2.49 bits per heavy atom. The van der Waals surface area contributed by atoms with E-state index in [1.54, 1.807) is 37.3 Å². The van der Waals surface area contributed by atoms with Gasteiger partial charge in [-0.25, -0.2) is 9.69 Å². The number of carbonyl (C=O) groups excluding carboxylic acids is 4. The summed E-state index contributed by atoms with van der Waals surface area (Å²) >= 11 is 1.32. The summed E-state index contributed by atoms with van der Waals surface area (Å²) in [6.45, 7) is 5.69. The SMILES string of the molecule is CCOC(=O)c1c(NC(=O)/C=C/c2cccc(N3C(=O)[C@@H]4[C@@H](C3=O)[C@H]3C=C[C@@H]4C3)c2)sc(C)c1C. The number of ether oxygens (including phenoxy) is 1. The van der Waals surface area contributed by atoms with Crippen LogP contribution in [0, 0.1) is 37.5 Å². The molecule has 2 heterocycles. The van der Waals surface area contributed by atoms with Crippen molar-refractivity contribution in [3.05, 3.63) is 64.1 Å². The Kier molecular flexibility index (Phi) is 5.92. The van der Waals surface area contributed by atoms with Crippen LogP contribution in [0.3, 0.4) is 0 Å². The number of allylic oxidation sites excluding steroid dienone is 2. The first-order valence-corrected chi connectivity index (χ1v) is 12.5. The highest BCUT2D eigenvalue weighted by Gasteiger charge is 2.59. The van der Waals surface area contributed by atoms with Gasteiger partial charge in [0.15, 0.2) is 0 Å². The Morgan fingerprint density at radius 2 is 1.83 bits per heavy atom. The number of hydrogen-bond donors (Lipinski definition) is 1. The van der Waals surface area contributed by atoms with E-state index in [0.717, 1.165) is 16.9 Å². The van der Waals surface area contributed by atoms with E-state index < -0.39 is 11.9 Å². The second-order valence-corrected chi connectivity index (χ2v) is 10.4. The Balaban J connectivity index is 1.32. The van der Waals surface area contributed by atoms with Gasteiger partial charge < -0.3 is 10.1 Å². The predicted octanol–water partition coefficient (Wildman–Crippen LogP) is 4.51. The zero-order valence-electron chi connectivity index (χ0n) is 19.7. The van der Waals surface area contributed by atoms with E-state index in [2.05, 4.69) is 17.5 Å². The number of hydrogen-bond acceptors (Lipinski definition) is 6. The first-order chi connectivity index (χ1) is 16.8. The molecule has 7 nitrogen and oxygen atoms in total. The molecule has 8 heteroatoms. The van der Waals surface area contributed by atoms with Gasteiger partial charge in [0.25, 0.3) is 0 Å². The number of nitrogens with one attached hydrogen (secondary N) is 1. The maximum absolute atomic E-state index is 13.1. The van der Waals surface area contributed by atoms with Gasteiger partial charge in [0, 0.05) is 11.0 Å². The normalized spacial score (nSPS) is 24.5. The molecular formula is C27H26N2O5S. The first-order valence-electron chi connectivity index (χ1n) is 11.7. The molecule has 0 spiro atoms. The van der Waals surface area contributed by atoms with Crippen LogP contribution in [0.2, 0.25) is 0 Å². The lowest BCUT2D eigenvalue weighted by Gasteiger charge is -2.17. The number of aryl methyl sites for hydroxylation is 1. The molecule has 2 aromatic rings. The van der Waals surface area contributed by atoms with Crippen LogP contribution in [0.1, 0.15) is 39.7 Å². The monoisotopic (exact) mass is 490 g/mol. The smallest absolute Gasteiger partial charge is 0.341 e. The lowest BCUT2D eigenvalue weighted by Crippen LogP contribution is -2.32. The second kappa shape index (κ2) is 8.92. The van der Waals surface area contributed by atoms with Crippen molar-refractivity contribution in [2.24, 2.45) is 23.7 Å². The average molecular weight is 491 g/mol. The van der Waals surface area contributed by atoms with Gasteiger partial charge in [-0.3, -0.25) is 14.4 Å². The van der Waals surface area contributed by atoms with Crippen LogP contribution in [-0.2, 0) is 19.1 Å². The Labute approximate surface area is 207 Å². The molecule has 180 valence electrons. The van der Waals surface area contributed by atoms with Gasteiger partial charge in [0.1, 0.15) is 5.00 Å². The fourth-order valence-corrected chi connectivity index (χ4v) is 6.47. The van der Waals surface area contributed by atoms with E-state index in [4.69, 9.17) is 4.74 Å². The molecule has 5 rings (SSSR count). The lowest BCUT2D eigenvalue weighted by molar-refractivity contribution is -0.123. The van der Waals surface area contributed by atoms with Crippen molar-refractivity contribution in [3.63, 3.8) is 0 Å². The number of carbonyl (C=O) groups is 4. The van der Waals surface area contributed by atoms with E-state index >= 15 is 0 Å². The third kappa shape index (κ3) is 3.91. The molecule has 35 heavy (non-hydrogen) atoms. The van der Waals surface area contributed by atoms with Gasteiger partial charge in [-0.1, -0.05) is 24.3 Å². The number of nitrogens with zero attached hydrogens (tertiary/aromatic N) is 1. The minimum atomic E-state index is -0.463. The number of esters is 1. The van der Waals surface area contributed by atoms with Crippen molar-refractivity contribution in [3.8, 4) is 0 Å². The number of rotatable bonds is 6. The van der Waals surface area contributed by atoms with Crippen LogP contribution in [0.4, 0.5) is 10.7 Å². The molecule has 4 atom stereocenters. The lowest BCUT2D eigenvalue weighted by atomic mass is 9.85. The molecule has 1 saturated heterocycles. The van der Waals surface area contributed by atoms with Crippen molar-refractivity contribution in [2.45, 2.75) is 27.2 Å². The highest BCUT2D eigenvalue weighted by atomic mass is 32.1. The summed E-state index contributed by atoms with van der Waals surface area (Å²) in [6.07, 6.45) is 8.02. The van der Waals surface area contributed by atoms with Gasteiger partial charge in [-0.15, -0.1) is 11.3 Å². The summed E-state index contributed by atoms with van der Waals surface area (Å²) in [5, 5.41) is 3.22. The Bertz CT molecular complexity index is 1280. The summed E-state index contributed by atoms with van der Waals surface area (Å²) < 4.78 is 5.13. The largest absolute Gasteiger partial charge is 0.462 e. The first kappa shape index (κ1) is 23.2. The van der Waals surface area contributed by atoms with Gasteiger partial charge in [0.05, 0.1) is 29.7 Å². The van der Waals surface area contributed by atoms with Crippen LogP contribution in [0.25, 0.3) is 6.08 Å². The summed E-state index contributed by atoms with van der Waals surface area (Å²) in [7, 11) is 0. The molecule has 1 aromatic carbocycles. The van der Waals surface area contributed by atoms with Gasteiger partial charge in [0.2, 0.25) is 17.7 Å². The molecular weight excluding hydrogens is 464 g/mol. The highest BCUT2D eigenvalue weighted by Crippen LogP contribution is 2.53. The van der Waals surface area contributed by atoms with E-state index in [1.807, 2.05) is 13.8 Å². The fourth-order valence-electron chi connectivity index (χ4n) is 5.41. The molecule has 1 saturated carbocycles. The minimum Gasteiger partial charge on any atom is -0.462 e. The molecule has 1 aromatic heterocycles. The molecule has 1 aliphatic heterocycles. The molecule has 3 aliphatic rings. The summed E-state index contributed by atoms with van der Waals surface area (Å²) in [5.74, 6) is -1.33. The zero-order valence-corrected chi connectivity index (χ0v) is 20.6. The third-order valence-corrected chi connectivity index (χ3v) is 8.25. The molecule has 0 radical (unpaired) electrons. The maximum Gasteiger partial charge on any atom is 0.341 e. The molecule has 1 N–H and O–H groups in total. The standard InChI is InChI=1S/C27H26N2O5S/c1-4-34-27(33)21-14(2)15(3)35-24(21)28-20(30)11-8-16-6-5-7-19(12-16)29-25(31)22-17-9-10-18(13-17)23(22)26(29)32/h5-12,17-18,22-23H,4,13H2,1-3H3,(H,28,30)/b11-8+/t17-,18+,22-,23-/m0/s1. The van der Waals surface area contributed by atoms with Crippen LogP contribution in [0.5, 0.6) is 0 Å². The number of thiophene rings is 1. The highest BCUT2D eigenvalue weighted by molar-refractivity contribution is 7.16. The zero-order chi connectivity index (χ0) is 24.9. The number of benzene rings is 1. The molecule has 0 unspecified atom stereocenters. The van der Waals surface area contributed by atoms with Crippen LogP contribution in [-0.4, -0.2) is 30.3 Å². The van der Waals surface area contributed by atoms with Crippen LogP contribution >= 0.6 is 11.3 Å². The van der Waals surface area contributed by atoms with Crippen LogP contribution in [0.15, 0.2) is 42.5 Å². The van der Waals surface area contributed by atoms with Crippen LogP contribution < -0.4 is 10.2 Å². The minimum absolute atomic E-state index is 0.134. The molecule has 2 bridgehead atoms. The van der Waals surface area contributed by atoms with E-state index in [-0.39, 0.29) is 42.1 Å². The van der Waals surface area contributed by atoms with Crippen molar-refractivity contribution >= 4 is 51.8 Å². The van der Waals surface area contributed by atoms with Gasteiger partial charge in [-0.05, 0) is 68.4 Å².